The first-order valence-corrected chi connectivity index (χ1v) is 15.8. The van der Waals surface area contributed by atoms with E-state index in [2.05, 4.69) is 41.6 Å². The number of nitriles is 1. The number of benzene rings is 1. The Morgan fingerprint density at radius 2 is 2.09 bits per heavy atom. The average molecular weight is 614 g/mol. The Kier molecular flexibility index (Phi) is 9.32. The van der Waals surface area contributed by atoms with E-state index >= 15 is 0 Å². The van der Waals surface area contributed by atoms with Gasteiger partial charge in [-0.05, 0) is 61.4 Å². The van der Waals surface area contributed by atoms with Crippen LogP contribution in [-0.4, -0.2) is 49.9 Å². The Balaban J connectivity index is 1.45. The summed E-state index contributed by atoms with van der Waals surface area (Å²) in [5, 5.41) is 16.3. The van der Waals surface area contributed by atoms with E-state index in [1.807, 2.05) is 43.5 Å². The smallest absolute Gasteiger partial charge is 0.268 e. The Hall–Kier alpha value is -4.27. The van der Waals surface area contributed by atoms with Gasteiger partial charge in [0.25, 0.3) is 11.8 Å². The van der Waals surface area contributed by atoms with Gasteiger partial charge in [-0.25, -0.2) is 9.97 Å². The third kappa shape index (κ3) is 7.09. The maximum Gasteiger partial charge on any atom is 0.268 e. The Morgan fingerprint density at radius 3 is 2.80 bits per heavy atom. The zero-order chi connectivity index (χ0) is 31.4. The van der Waals surface area contributed by atoms with Gasteiger partial charge in [-0.1, -0.05) is 39.8 Å². The molecule has 44 heavy (non-hydrogen) atoms. The van der Waals surface area contributed by atoms with E-state index in [0.717, 1.165) is 40.7 Å². The summed E-state index contributed by atoms with van der Waals surface area (Å²) in [6.45, 7) is 11.9. The molecule has 4 aromatic rings. The molecule has 0 saturated carbocycles. The summed E-state index contributed by atoms with van der Waals surface area (Å²) in [7, 11) is 0. The first-order chi connectivity index (χ1) is 21.1. The summed E-state index contributed by atoms with van der Waals surface area (Å²) in [4.78, 5) is 38.9. The van der Waals surface area contributed by atoms with Gasteiger partial charge in [0, 0.05) is 25.7 Å². The van der Waals surface area contributed by atoms with Crippen LogP contribution in [0.2, 0.25) is 0 Å². The van der Waals surface area contributed by atoms with Gasteiger partial charge in [0.1, 0.15) is 11.6 Å². The van der Waals surface area contributed by atoms with Gasteiger partial charge in [0.15, 0.2) is 12.2 Å². The summed E-state index contributed by atoms with van der Waals surface area (Å²) in [5.41, 5.74) is 2.58. The zero-order valence-electron chi connectivity index (χ0n) is 25.9. The van der Waals surface area contributed by atoms with E-state index in [-0.39, 0.29) is 28.8 Å². The highest BCUT2D eigenvalue weighted by atomic mass is 32.1. The van der Waals surface area contributed by atoms with Gasteiger partial charge < -0.3 is 19.2 Å². The number of fused-ring (bicyclic) bond motifs is 1. The van der Waals surface area contributed by atoms with Crippen LogP contribution in [-0.2, 0) is 17.9 Å². The number of anilines is 1. The summed E-state index contributed by atoms with van der Waals surface area (Å²) >= 11 is 1.31. The molecule has 1 unspecified atom stereocenters. The van der Waals surface area contributed by atoms with Crippen molar-refractivity contribution < 1.29 is 14.0 Å². The van der Waals surface area contributed by atoms with Crippen molar-refractivity contribution in [3.05, 3.63) is 65.0 Å². The molecule has 3 aromatic heterocycles. The van der Waals surface area contributed by atoms with Crippen molar-refractivity contribution in [3.63, 3.8) is 0 Å². The van der Waals surface area contributed by atoms with Crippen LogP contribution in [0.15, 0.2) is 59.0 Å². The standard InChI is InChI=1S/C33H39N7O3S/c1-6-21(2)36-17-22-9-10-26-25(14-22)37-32(38-30(41)29-12-11-28(44-29)27-18-35-20-43-27)40(26)19-24-8-7-13-39(24)31(42)23(16-34)15-33(3,4)5/h9-12,14-15,18,20-21,24,36H,6-8,13,17,19H2,1-5H3,(H,37,38,41)/t21?,24-/m1/s1. The van der Waals surface area contributed by atoms with E-state index in [0.29, 0.717) is 42.3 Å². The van der Waals surface area contributed by atoms with Crippen LogP contribution >= 0.6 is 11.3 Å². The van der Waals surface area contributed by atoms with E-state index in [9.17, 15) is 14.9 Å². The van der Waals surface area contributed by atoms with Gasteiger partial charge in [0.2, 0.25) is 5.95 Å². The minimum Gasteiger partial charge on any atom is -0.443 e. The maximum absolute atomic E-state index is 13.5. The van der Waals surface area contributed by atoms with E-state index in [1.165, 1.54) is 17.7 Å². The predicted octanol–water partition coefficient (Wildman–Crippen LogP) is 6.38. The molecule has 2 amide bonds. The molecule has 1 saturated heterocycles. The van der Waals surface area contributed by atoms with Gasteiger partial charge in [-0.2, -0.15) is 5.26 Å². The van der Waals surface area contributed by atoms with Crippen molar-refractivity contribution in [2.75, 3.05) is 11.9 Å². The van der Waals surface area contributed by atoms with Crippen LogP contribution in [0, 0.1) is 16.7 Å². The van der Waals surface area contributed by atoms with Crippen molar-refractivity contribution in [3.8, 4) is 16.7 Å². The predicted molar refractivity (Wildman–Crippen MR) is 172 cm³/mol. The van der Waals surface area contributed by atoms with Gasteiger partial charge in [0.05, 0.1) is 33.0 Å². The largest absolute Gasteiger partial charge is 0.443 e. The molecule has 4 heterocycles. The minimum absolute atomic E-state index is 0.154. The van der Waals surface area contributed by atoms with Crippen molar-refractivity contribution in [1.29, 1.82) is 5.26 Å². The number of oxazole rings is 1. The van der Waals surface area contributed by atoms with E-state index in [4.69, 9.17) is 9.40 Å². The summed E-state index contributed by atoms with van der Waals surface area (Å²) < 4.78 is 7.37. The number of imidazole rings is 1. The molecule has 230 valence electrons. The number of hydrogen-bond donors (Lipinski definition) is 2. The number of rotatable bonds is 10. The topological polar surface area (TPSA) is 129 Å². The lowest BCUT2D eigenvalue weighted by Gasteiger charge is -2.26. The first-order valence-electron chi connectivity index (χ1n) is 15.0. The number of nitrogens with one attached hydrogen (secondary N) is 2. The number of hydrogen-bond acceptors (Lipinski definition) is 8. The molecule has 1 aliphatic heterocycles. The molecule has 5 rings (SSSR count). The minimum atomic E-state index is -0.301. The molecule has 1 aromatic carbocycles. The van der Waals surface area contributed by atoms with Crippen LogP contribution in [0.5, 0.6) is 0 Å². The number of carbonyl (C=O) groups excluding carboxylic acids is 2. The van der Waals surface area contributed by atoms with Gasteiger partial charge in [-0.15, -0.1) is 11.3 Å². The first kappa shape index (κ1) is 31.2. The third-order valence-corrected chi connectivity index (χ3v) is 8.87. The van der Waals surface area contributed by atoms with Crippen molar-refractivity contribution in [2.45, 2.75) is 79.1 Å². The quantitative estimate of drug-likeness (QED) is 0.157. The fourth-order valence-electron chi connectivity index (χ4n) is 5.33. The third-order valence-electron chi connectivity index (χ3n) is 7.77. The lowest BCUT2D eigenvalue weighted by atomic mass is 9.93. The number of carbonyl (C=O) groups is 2. The van der Waals surface area contributed by atoms with E-state index < -0.39 is 0 Å². The summed E-state index contributed by atoms with van der Waals surface area (Å²) in [6, 6.07) is 12.1. The Labute approximate surface area is 261 Å². The highest BCUT2D eigenvalue weighted by molar-refractivity contribution is 7.17. The van der Waals surface area contributed by atoms with Crippen molar-refractivity contribution in [2.24, 2.45) is 5.41 Å². The SMILES string of the molecule is CCC(C)NCc1ccc2c(c1)nc(NC(=O)c1ccc(-c3cnco3)s1)n2C[C@H]1CCCN1C(=O)C(C#N)=CC(C)(C)C. The second-order valence-electron chi connectivity index (χ2n) is 12.4. The Morgan fingerprint density at radius 1 is 1.27 bits per heavy atom. The van der Waals surface area contributed by atoms with Crippen molar-refractivity contribution in [1.82, 2.24) is 24.8 Å². The molecule has 1 fully saturated rings. The fraction of sp³-hybridized carbons (Fsp3) is 0.424. The molecular formula is C33H39N7O3S. The molecule has 0 spiro atoms. The molecule has 0 bridgehead atoms. The molecule has 2 atom stereocenters. The lowest BCUT2D eigenvalue weighted by Crippen LogP contribution is -2.39. The van der Waals surface area contributed by atoms with Gasteiger partial charge in [-0.3, -0.25) is 14.9 Å². The molecular weight excluding hydrogens is 574 g/mol. The molecule has 2 N–H and O–H groups in total. The Bertz CT molecular complexity index is 1700. The fourth-order valence-corrected chi connectivity index (χ4v) is 6.18. The number of amides is 2. The lowest BCUT2D eigenvalue weighted by molar-refractivity contribution is -0.127. The van der Waals surface area contributed by atoms with Crippen LogP contribution in [0.4, 0.5) is 5.95 Å². The molecule has 11 heteroatoms. The number of thiophene rings is 1. The number of aromatic nitrogens is 3. The highest BCUT2D eigenvalue weighted by Gasteiger charge is 2.32. The second kappa shape index (κ2) is 13.2. The van der Waals surface area contributed by atoms with Crippen LogP contribution in [0.25, 0.3) is 21.7 Å². The average Bonchev–Trinajstić information content (AvgIpc) is 3.81. The molecule has 1 aliphatic rings. The number of likely N-dealkylation sites (tertiary alicyclic amines) is 1. The summed E-state index contributed by atoms with van der Waals surface area (Å²) in [5.74, 6) is 0.479. The van der Waals surface area contributed by atoms with Crippen LogP contribution in [0.3, 0.4) is 0 Å². The molecule has 0 radical (unpaired) electrons. The van der Waals surface area contributed by atoms with E-state index in [1.54, 1.807) is 23.2 Å². The van der Waals surface area contributed by atoms with Crippen LogP contribution in [0.1, 0.15) is 69.1 Å². The van der Waals surface area contributed by atoms with Crippen LogP contribution < -0.4 is 10.6 Å². The summed E-state index contributed by atoms with van der Waals surface area (Å²) in [6.07, 6.45) is 7.37. The molecule has 0 aliphatic carbocycles. The monoisotopic (exact) mass is 613 g/mol. The normalized spacial score (nSPS) is 16.3. The highest BCUT2D eigenvalue weighted by Crippen LogP contribution is 2.30. The van der Waals surface area contributed by atoms with Gasteiger partial charge >= 0.3 is 0 Å². The maximum atomic E-state index is 13.5. The second-order valence-corrected chi connectivity index (χ2v) is 13.5. The number of nitrogens with zero attached hydrogens (tertiary/aromatic N) is 5. The van der Waals surface area contributed by atoms with Crippen molar-refractivity contribution >= 4 is 40.1 Å². The molecule has 10 nitrogen and oxygen atoms in total. The number of allylic oxidation sites excluding steroid dienone is 1. The zero-order valence-corrected chi connectivity index (χ0v) is 26.7.